The molecule has 1 fully saturated rings. The number of nitrogens with zero attached hydrogens (tertiary/aromatic N) is 4. The van der Waals surface area contributed by atoms with E-state index in [1.54, 1.807) is 12.4 Å². The van der Waals surface area contributed by atoms with Gasteiger partial charge in [-0.15, -0.1) is 0 Å². The Morgan fingerprint density at radius 3 is 2.37 bits per heavy atom. The van der Waals surface area contributed by atoms with Crippen molar-refractivity contribution >= 4 is 17.7 Å². The first-order chi connectivity index (χ1) is 13.1. The Morgan fingerprint density at radius 1 is 1.07 bits per heavy atom. The Hall–Kier alpha value is -2.87. The van der Waals surface area contributed by atoms with Crippen LogP contribution in [0.1, 0.15) is 11.1 Å². The van der Waals surface area contributed by atoms with Gasteiger partial charge in [0.15, 0.2) is 0 Å². The van der Waals surface area contributed by atoms with Crippen LogP contribution in [-0.4, -0.2) is 56.4 Å². The summed E-state index contributed by atoms with van der Waals surface area (Å²) in [5.41, 5.74) is 2.02. The van der Waals surface area contributed by atoms with E-state index >= 15 is 0 Å². The summed E-state index contributed by atoms with van der Waals surface area (Å²) in [6, 6.07) is 7.57. The molecule has 1 aliphatic heterocycles. The summed E-state index contributed by atoms with van der Waals surface area (Å²) in [7, 11) is 3.87. The molecule has 0 radical (unpaired) electrons. The molecule has 0 aliphatic carbocycles. The van der Waals surface area contributed by atoms with Gasteiger partial charge in [-0.2, -0.15) is 0 Å². The number of rotatable bonds is 6. The molecule has 144 valence electrons. The number of urea groups is 1. The SMILES string of the molecule is CN(C)c1cc(CNC(=O)NCc2ccnc(N3CCOCC3)c2)ccn1. The molecule has 2 aromatic heterocycles. The van der Waals surface area contributed by atoms with Crippen LogP contribution in [0.3, 0.4) is 0 Å². The predicted molar refractivity (Wildman–Crippen MR) is 105 cm³/mol. The second-order valence-electron chi connectivity index (χ2n) is 6.57. The van der Waals surface area contributed by atoms with E-state index < -0.39 is 0 Å². The molecular weight excluding hydrogens is 344 g/mol. The summed E-state index contributed by atoms with van der Waals surface area (Å²) < 4.78 is 5.37. The van der Waals surface area contributed by atoms with Crippen molar-refractivity contribution in [3.8, 4) is 0 Å². The summed E-state index contributed by atoms with van der Waals surface area (Å²) in [5.74, 6) is 1.79. The molecule has 3 heterocycles. The van der Waals surface area contributed by atoms with Gasteiger partial charge >= 0.3 is 6.03 Å². The minimum Gasteiger partial charge on any atom is -0.378 e. The lowest BCUT2D eigenvalue weighted by molar-refractivity contribution is 0.122. The van der Waals surface area contributed by atoms with Gasteiger partial charge in [0.1, 0.15) is 11.6 Å². The Kier molecular flexibility index (Phi) is 6.43. The van der Waals surface area contributed by atoms with Crippen molar-refractivity contribution in [1.82, 2.24) is 20.6 Å². The molecule has 2 aromatic rings. The van der Waals surface area contributed by atoms with Crippen LogP contribution < -0.4 is 20.4 Å². The van der Waals surface area contributed by atoms with Gasteiger partial charge in [0.2, 0.25) is 0 Å². The lowest BCUT2D eigenvalue weighted by atomic mass is 10.2. The van der Waals surface area contributed by atoms with Gasteiger partial charge in [-0.1, -0.05) is 0 Å². The standard InChI is InChI=1S/C19H26N6O2/c1-24(2)17-11-15(3-5-20-17)13-22-19(26)23-14-16-4-6-21-18(12-16)25-7-9-27-10-8-25/h3-6,11-12H,7-10,13-14H2,1-2H3,(H2,22,23,26). The minimum absolute atomic E-state index is 0.206. The fourth-order valence-electron chi connectivity index (χ4n) is 2.78. The second-order valence-corrected chi connectivity index (χ2v) is 6.57. The van der Waals surface area contributed by atoms with E-state index in [9.17, 15) is 4.79 Å². The van der Waals surface area contributed by atoms with Gasteiger partial charge < -0.3 is 25.2 Å². The number of nitrogens with one attached hydrogen (secondary N) is 2. The molecule has 2 amide bonds. The highest BCUT2D eigenvalue weighted by atomic mass is 16.5. The van der Waals surface area contributed by atoms with Crippen LogP contribution in [-0.2, 0) is 17.8 Å². The average Bonchev–Trinajstić information content (AvgIpc) is 2.72. The Bertz CT molecular complexity index is 761. The number of anilines is 2. The molecule has 1 saturated heterocycles. The predicted octanol–water partition coefficient (Wildman–Crippen LogP) is 1.38. The van der Waals surface area contributed by atoms with Crippen molar-refractivity contribution in [2.24, 2.45) is 0 Å². The van der Waals surface area contributed by atoms with Crippen LogP contribution >= 0.6 is 0 Å². The zero-order valence-corrected chi connectivity index (χ0v) is 15.8. The zero-order chi connectivity index (χ0) is 19.1. The van der Waals surface area contributed by atoms with Crippen molar-refractivity contribution in [2.75, 3.05) is 50.2 Å². The average molecular weight is 370 g/mol. The second kappa shape index (κ2) is 9.18. The molecule has 0 saturated carbocycles. The Labute approximate surface area is 159 Å². The van der Waals surface area contributed by atoms with Gasteiger partial charge in [-0.3, -0.25) is 0 Å². The molecule has 8 heteroatoms. The Morgan fingerprint density at radius 2 is 1.70 bits per heavy atom. The molecular formula is C19H26N6O2. The molecule has 0 bridgehead atoms. The van der Waals surface area contributed by atoms with Crippen LogP contribution in [0.2, 0.25) is 0 Å². The monoisotopic (exact) mass is 370 g/mol. The van der Waals surface area contributed by atoms with Crippen molar-refractivity contribution in [3.05, 3.63) is 47.8 Å². The van der Waals surface area contributed by atoms with Gasteiger partial charge in [-0.05, 0) is 35.4 Å². The third-order valence-electron chi connectivity index (χ3n) is 4.32. The van der Waals surface area contributed by atoms with E-state index in [0.717, 1.165) is 49.1 Å². The van der Waals surface area contributed by atoms with Crippen molar-refractivity contribution in [2.45, 2.75) is 13.1 Å². The normalized spacial score (nSPS) is 13.9. The maximum absolute atomic E-state index is 12.1. The smallest absolute Gasteiger partial charge is 0.315 e. The molecule has 27 heavy (non-hydrogen) atoms. The van der Waals surface area contributed by atoms with Crippen molar-refractivity contribution in [1.29, 1.82) is 0 Å². The molecule has 0 atom stereocenters. The number of carbonyl (C=O) groups excluding carboxylic acids is 1. The van der Waals surface area contributed by atoms with E-state index in [2.05, 4.69) is 25.5 Å². The summed E-state index contributed by atoms with van der Waals surface area (Å²) in [6.45, 7) is 4.01. The van der Waals surface area contributed by atoms with Crippen LogP contribution in [0.15, 0.2) is 36.7 Å². The molecule has 0 aromatic carbocycles. The number of aromatic nitrogens is 2. The fourth-order valence-corrected chi connectivity index (χ4v) is 2.78. The van der Waals surface area contributed by atoms with E-state index in [-0.39, 0.29) is 6.03 Å². The van der Waals surface area contributed by atoms with E-state index in [1.807, 2.05) is 43.3 Å². The van der Waals surface area contributed by atoms with E-state index in [4.69, 9.17) is 4.74 Å². The first kappa shape index (κ1) is 18.9. The molecule has 0 spiro atoms. The molecule has 2 N–H and O–H groups in total. The third kappa shape index (κ3) is 5.55. The van der Waals surface area contributed by atoms with Gasteiger partial charge in [-0.25, -0.2) is 14.8 Å². The van der Waals surface area contributed by atoms with Crippen LogP contribution in [0.25, 0.3) is 0 Å². The number of carbonyl (C=O) groups is 1. The van der Waals surface area contributed by atoms with Crippen LogP contribution in [0.5, 0.6) is 0 Å². The highest BCUT2D eigenvalue weighted by molar-refractivity contribution is 5.73. The number of morpholine rings is 1. The summed E-state index contributed by atoms with van der Waals surface area (Å²) in [6.07, 6.45) is 3.52. The maximum atomic E-state index is 12.1. The highest BCUT2D eigenvalue weighted by Crippen LogP contribution is 2.14. The molecule has 1 aliphatic rings. The van der Waals surface area contributed by atoms with Crippen molar-refractivity contribution < 1.29 is 9.53 Å². The van der Waals surface area contributed by atoms with Gasteiger partial charge in [0.25, 0.3) is 0 Å². The summed E-state index contributed by atoms with van der Waals surface area (Å²) >= 11 is 0. The first-order valence-electron chi connectivity index (χ1n) is 9.03. The topological polar surface area (TPSA) is 82.6 Å². The third-order valence-corrected chi connectivity index (χ3v) is 4.32. The fraction of sp³-hybridized carbons (Fsp3) is 0.421. The van der Waals surface area contributed by atoms with Gasteiger partial charge in [0, 0.05) is 52.7 Å². The zero-order valence-electron chi connectivity index (χ0n) is 15.8. The van der Waals surface area contributed by atoms with Crippen molar-refractivity contribution in [3.63, 3.8) is 0 Å². The lowest BCUT2D eigenvalue weighted by Crippen LogP contribution is -2.37. The van der Waals surface area contributed by atoms with E-state index in [1.165, 1.54) is 0 Å². The van der Waals surface area contributed by atoms with Gasteiger partial charge in [0.05, 0.1) is 13.2 Å². The number of pyridine rings is 2. The maximum Gasteiger partial charge on any atom is 0.315 e. The molecule has 0 unspecified atom stereocenters. The number of hydrogen-bond acceptors (Lipinski definition) is 6. The van der Waals surface area contributed by atoms with Crippen LogP contribution in [0, 0.1) is 0 Å². The first-order valence-corrected chi connectivity index (χ1v) is 9.03. The number of amides is 2. The van der Waals surface area contributed by atoms with E-state index in [0.29, 0.717) is 13.1 Å². The molecule has 3 rings (SSSR count). The Balaban J connectivity index is 1.48. The number of hydrogen-bond donors (Lipinski definition) is 2. The lowest BCUT2D eigenvalue weighted by Gasteiger charge is -2.28. The molecule has 8 nitrogen and oxygen atoms in total. The summed E-state index contributed by atoms with van der Waals surface area (Å²) in [5, 5.41) is 5.76. The number of ether oxygens (including phenoxy) is 1. The van der Waals surface area contributed by atoms with Crippen LogP contribution in [0.4, 0.5) is 16.4 Å². The summed E-state index contributed by atoms with van der Waals surface area (Å²) in [4.78, 5) is 24.9. The minimum atomic E-state index is -0.206. The largest absolute Gasteiger partial charge is 0.378 e. The quantitative estimate of drug-likeness (QED) is 0.799. The highest BCUT2D eigenvalue weighted by Gasteiger charge is 2.12.